The van der Waals surface area contributed by atoms with Crippen molar-refractivity contribution in [3.05, 3.63) is 60.5 Å². The summed E-state index contributed by atoms with van der Waals surface area (Å²) in [5, 5.41) is 18.2. The molecule has 3 rings (SSSR count). The molecule has 2 aromatic rings. The first kappa shape index (κ1) is 22.3. The lowest BCUT2D eigenvalue weighted by Crippen LogP contribution is -2.23. The van der Waals surface area contributed by atoms with E-state index in [0.717, 1.165) is 9.13 Å². The molecule has 1 N–H and O–H groups in total. The number of rotatable bonds is 5. The SMILES string of the molecule is CN1C(=O)/C(=C/c2cc(Br)c(OCC#N)c(I)c2)SC1=Nc1ccc(C(=O)O)cc1. The fourth-order valence-electron chi connectivity index (χ4n) is 2.50. The van der Waals surface area contributed by atoms with E-state index in [4.69, 9.17) is 15.1 Å². The molecule has 152 valence electrons. The monoisotopic (exact) mass is 597 g/mol. The van der Waals surface area contributed by atoms with Crippen molar-refractivity contribution >= 4 is 79.1 Å². The predicted octanol–water partition coefficient (Wildman–Crippen LogP) is 4.89. The van der Waals surface area contributed by atoms with E-state index in [1.54, 1.807) is 25.3 Å². The third-order valence-corrected chi connectivity index (χ3v) is 6.39. The normalized spacial score (nSPS) is 16.2. The zero-order valence-corrected chi connectivity index (χ0v) is 20.0. The molecule has 10 heteroatoms. The zero-order chi connectivity index (χ0) is 21.8. The van der Waals surface area contributed by atoms with Gasteiger partial charge in [-0.1, -0.05) is 0 Å². The molecule has 1 amide bonds. The second kappa shape index (κ2) is 9.63. The van der Waals surface area contributed by atoms with Crippen LogP contribution in [0.25, 0.3) is 6.08 Å². The van der Waals surface area contributed by atoms with Gasteiger partial charge in [0.2, 0.25) is 0 Å². The average Bonchev–Trinajstić information content (AvgIpc) is 2.95. The van der Waals surface area contributed by atoms with Crippen molar-refractivity contribution in [1.82, 2.24) is 4.90 Å². The number of amidine groups is 1. The van der Waals surface area contributed by atoms with E-state index in [1.165, 1.54) is 28.8 Å². The van der Waals surface area contributed by atoms with Crippen molar-refractivity contribution in [3.8, 4) is 11.8 Å². The molecule has 0 radical (unpaired) electrons. The second-order valence-electron chi connectivity index (χ2n) is 5.98. The minimum Gasteiger partial charge on any atom is -0.478 e. The summed E-state index contributed by atoms with van der Waals surface area (Å²) in [6.45, 7) is -0.0541. The highest BCUT2D eigenvalue weighted by atomic mass is 127. The number of aliphatic imine (C=N–C) groups is 1. The quantitative estimate of drug-likeness (QED) is 0.389. The van der Waals surface area contributed by atoms with Crippen molar-refractivity contribution in [2.75, 3.05) is 13.7 Å². The van der Waals surface area contributed by atoms with Crippen LogP contribution < -0.4 is 4.74 Å². The fraction of sp³-hybridized carbons (Fsp3) is 0.100. The fourth-order valence-corrected chi connectivity index (χ4v) is 5.25. The molecular weight excluding hydrogens is 585 g/mol. The maximum Gasteiger partial charge on any atom is 0.335 e. The Morgan fingerprint density at radius 1 is 1.40 bits per heavy atom. The number of amides is 1. The van der Waals surface area contributed by atoms with Crippen molar-refractivity contribution < 1.29 is 19.4 Å². The molecule has 0 atom stereocenters. The van der Waals surface area contributed by atoms with Crippen LogP contribution in [-0.4, -0.2) is 40.7 Å². The Balaban J connectivity index is 1.86. The molecule has 0 saturated carbocycles. The van der Waals surface area contributed by atoms with Gasteiger partial charge < -0.3 is 9.84 Å². The van der Waals surface area contributed by atoms with Crippen LogP contribution in [0.4, 0.5) is 5.69 Å². The number of carboxylic acid groups (broad SMARTS) is 1. The summed E-state index contributed by atoms with van der Waals surface area (Å²) in [6.07, 6.45) is 1.76. The van der Waals surface area contributed by atoms with Crippen molar-refractivity contribution in [2.45, 2.75) is 0 Å². The predicted molar refractivity (Wildman–Crippen MR) is 127 cm³/mol. The van der Waals surface area contributed by atoms with Crippen LogP contribution in [-0.2, 0) is 4.79 Å². The van der Waals surface area contributed by atoms with Crippen LogP contribution in [0.2, 0.25) is 0 Å². The van der Waals surface area contributed by atoms with Crippen LogP contribution in [0, 0.1) is 14.9 Å². The Labute approximate surface area is 198 Å². The number of aromatic carboxylic acids is 1. The molecule has 0 bridgehead atoms. The molecule has 1 fully saturated rings. The van der Waals surface area contributed by atoms with Gasteiger partial charge in [0.25, 0.3) is 5.91 Å². The molecule has 1 aliphatic rings. The average molecular weight is 598 g/mol. The van der Waals surface area contributed by atoms with Gasteiger partial charge >= 0.3 is 5.97 Å². The summed E-state index contributed by atoms with van der Waals surface area (Å²) < 4.78 is 6.91. The van der Waals surface area contributed by atoms with E-state index in [-0.39, 0.29) is 18.1 Å². The second-order valence-corrected chi connectivity index (χ2v) is 9.01. The van der Waals surface area contributed by atoms with Gasteiger partial charge in [-0.3, -0.25) is 9.69 Å². The van der Waals surface area contributed by atoms with Gasteiger partial charge in [0.1, 0.15) is 11.8 Å². The van der Waals surface area contributed by atoms with Gasteiger partial charge in [-0.15, -0.1) is 0 Å². The van der Waals surface area contributed by atoms with Crippen molar-refractivity contribution in [3.63, 3.8) is 0 Å². The number of nitrogens with zero attached hydrogens (tertiary/aromatic N) is 3. The highest BCUT2D eigenvalue weighted by molar-refractivity contribution is 14.1. The minimum absolute atomic E-state index is 0.0541. The van der Waals surface area contributed by atoms with Crippen LogP contribution in [0.5, 0.6) is 5.75 Å². The van der Waals surface area contributed by atoms with Gasteiger partial charge in [0.15, 0.2) is 11.8 Å². The molecular formula is C20H13BrIN3O4S. The molecule has 0 unspecified atom stereocenters. The Morgan fingerprint density at radius 2 is 2.10 bits per heavy atom. The summed E-state index contributed by atoms with van der Waals surface area (Å²) in [4.78, 5) is 30.0. The third kappa shape index (κ3) is 5.03. The van der Waals surface area contributed by atoms with E-state index in [2.05, 4.69) is 43.5 Å². The van der Waals surface area contributed by atoms with Crippen LogP contribution in [0.1, 0.15) is 15.9 Å². The molecule has 1 heterocycles. The summed E-state index contributed by atoms with van der Waals surface area (Å²) >= 11 is 6.79. The van der Waals surface area contributed by atoms with E-state index < -0.39 is 5.97 Å². The van der Waals surface area contributed by atoms with Gasteiger partial charge in [-0.05, 0) is 98.3 Å². The number of hydrogen-bond acceptors (Lipinski definition) is 6. The van der Waals surface area contributed by atoms with Crippen molar-refractivity contribution in [2.24, 2.45) is 4.99 Å². The highest BCUT2D eigenvalue weighted by Crippen LogP contribution is 2.36. The Hall–Kier alpha value is -2.36. The lowest BCUT2D eigenvalue weighted by atomic mass is 10.2. The minimum atomic E-state index is -1.01. The summed E-state index contributed by atoms with van der Waals surface area (Å²) in [5.41, 5.74) is 1.52. The maximum atomic E-state index is 12.6. The molecule has 7 nitrogen and oxygen atoms in total. The largest absolute Gasteiger partial charge is 0.478 e. The van der Waals surface area contributed by atoms with E-state index in [9.17, 15) is 9.59 Å². The number of carbonyl (C=O) groups excluding carboxylic acids is 1. The molecule has 0 aromatic heterocycles. The maximum absolute atomic E-state index is 12.6. The smallest absolute Gasteiger partial charge is 0.335 e. The first-order chi connectivity index (χ1) is 14.3. The lowest BCUT2D eigenvalue weighted by Gasteiger charge is -2.09. The standard InChI is InChI=1S/C20H13BrIN3O4S/c1-25-18(26)16(10-11-8-14(21)17(15(22)9-11)29-7-6-23)30-20(25)24-13-4-2-12(3-5-13)19(27)28/h2-5,8-10H,7H2,1H3,(H,27,28)/b16-10-,24-20?. The Kier molecular flexibility index (Phi) is 7.17. The topological polar surface area (TPSA) is 103 Å². The number of nitriles is 1. The number of carbonyl (C=O) groups is 2. The molecule has 1 saturated heterocycles. The van der Waals surface area contributed by atoms with Crippen LogP contribution >= 0.6 is 50.3 Å². The van der Waals surface area contributed by atoms with Gasteiger partial charge in [-0.25, -0.2) is 9.79 Å². The first-order valence-electron chi connectivity index (χ1n) is 8.38. The van der Waals surface area contributed by atoms with Gasteiger partial charge in [0.05, 0.1) is 24.2 Å². The van der Waals surface area contributed by atoms with Crippen LogP contribution in [0.15, 0.2) is 50.8 Å². The first-order valence-corrected chi connectivity index (χ1v) is 11.1. The molecule has 0 spiro atoms. The number of halogens is 2. The summed E-state index contributed by atoms with van der Waals surface area (Å²) in [6, 6.07) is 11.7. The van der Waals surface area contributed by atoms with E-state index in [1.807, 2.05) is 18.2 Å². The molecule has 1 aliphatic heterocycles. The van der Waals surface area contributed by atoms with Gasteiger partial charge in [-0.2, -0.15) is 5.26 Å². The van der Waals surface area contributed by atoms with E-state index >= 15 is 0 Å². The Morgan fingerprint density at radius 3 is 2.70 bits per heavy atom. The van der Waals surface area contributed by atoms with Crippen LogP contribution in [0.3, 0.4) is 0 Å². The number of hydrogen-bond donors (Lipinski definition) is 1. The number of thioether (sulfide) groups is 1. The number of carboxylic acids is 1. The number of likely N-dealkylation sites (N-methyl/N-ethyl adjacent to an activating group) is 1. The number of benzene rings is 2. The molecule has 30 heavy (non-hydrogen) atoms. The summed E-state index contributed by atoms with van der Waals surface area (Å²) in [5.74, 6) is -0.613. The van der Waals surface area contributed by atoms with Gasteiger partial charge in [0, 0.05) is 7.05 Å². The third-order valence-electron chi connectivity index (χ3n) is 3.94. The highest BCUT2D eigenvalue weighted by Gasteiger charge is 2.30. The lowest BCUT2D eigenvalue weighted by molar-refractivity contribution is -0.121. The zero-order valence-electron chi connectivity index (χ0n) is 15.4. The molecule has 0 aliphatic carbocycles. The van der Waals surface area contributed by atoms with E-state index in [0.29, 0.717) is 26.0 Å². The van der Waals surface area contributed by atoms with Crippen molar-refractivity contribution in [1.29, 1.82) is 5.26 Å². The summed E-state index contributed by atoms with van der Waals surface area (Å²) in [7, 11) is 1.64. The molecule has 2 aromatic carbocycles. The number of ether oxygens (including phenoxy) is 1. The Bertz CT molecular complexity index is 1100.